The molecule has 0 bridgehead atoms. The minimum atomic E-state index is 0.207. The maximum absolute atomic E-state index is 10.6. The largest absolute Gasteiger partial charge is 0.504 e. The van der Waals surface area contributed by atoms with Crippen molar-refractivity contribution in [3.63, 3.8) is 0 Å². The molecule has 2 aromatic carbocycles. The minimum Gasteiger partial charge on any atom is -0.504 e. The lowest BCUT2D eigenvalue weighted by Gasteiger charge is -2.35. The van der Waals surface area contributed by atoms with Crippen LogP contribution in [0.1, 0.15) is 22.3 Å². The lowest BCUT2D eigenvalue weighted by molar-refractivity contribution is 0.120. The van der Waals surface area contributed by atoms with Gasteiger partial charge in [-0.1, -0.05) is 24.3 Å². The molecule has 0 radical (unpaired) electrons. The Morgan fingerprint density at radius 2 is 1.12 bits per heavy atom. The van der Waals surface area contributed by atoms with Gasteiger partial charge in [-0.05, 0) is 36.1 Å². The first kappa shape index (κ1) is 23.7. The summed E-state index contributed by atoms with van der Waals surface area (Å²) in [7, 11) is 3.15. The smallest absolute Gasteiger partial charge is 0.162 e. The van der Waals surface area contributed by atoms with E-state index in [-0.39, 0.29) is 11.5 Å². The number of hydrogen-bond donors (Lipinski definition) is 2. The van der Waals surface area contributed by atoms with Crippen molar-refractivity contribution in [1.82, 2.24) is 9.80 Å². The number of nitrogens with zero attached hydrogens (tertiary/aromatic N) is 2. The topological polar surface area (TPSA) is 65.4 Å². The molecule has 0 amide bonds. The molecule has 2 aromatic rings. The molecule has 6 heteroatoms. The number of rotatable bonds is 10. The van der Waals surface area contributed by atoms with E-state index in [0.29, 0.717) is 24.6 Å². The fraction of sp³-hybridized carbons (Fsp3) is 0.385. The van der Waals surface area contributed by atoms with Gasteiger partial charge in [-0.2, -0.15) is 0 Å². The maximum Gasteiger partial charge on any atom is 0.162 e. The van der Waals surface area contributed by atoms with Crippen LogP contribution in [-0.4, -0.2) is 60.4 Å². The normalized spacial score (nSPS) is 14.8. The van der Waals surface area contributed by atoms with Crippen molar-refractivity contribution in [3.8, 4) is 23.0 Å². The molecule has 1 aliphatic heterocycles. The standard InChI is InChI=1S/C26H34N2O4/c1-5-7-19-13-21(25(29)23(15-19)31-3)17-27-9-11-28(12-10-27)18-22-14-20(8-6-2)16-24(32-4)26(22)30/h5-6,13-16,29-30H,1-2,7-12,17-18H2,3-4H3. The van der Waals surface area contributed by atoms with Crippen LogP contribution in [0.2, 0.25) is 0 Å². The Kier molecular flexibility index (Phi) is 8.20. The second kappa shape index (κ2) is 11.1. The van der Waals surface area contributed by atoms with E-state index in [1.807, 2.05) is 36.4 Å². The fourth-order valence-electron chi connectivity index (χ4n) is 4.17. The number of methoxy groups -OCH3 is 2. The van der Waals surface area contributed by atoms with Gasteiger partial charge in [0, 0.05) is 50.4 Å². The van der Waals surface area contributed by atoms with E-state index in [1.54, 1.807) is 14.2 Å². The summed E-state index contributed by atoms with van der Waals surface area (Å²) in [6.45, 7) is 12.4. The molecule has 1 fully saturated rings. The molecule has 0 saturated carbocycles. The van der Waals surface area contributed by atoms with Crippen LogP contribution < -0.4 is 9.47 Å². The Balaban J connectivity index is 1.65. The van der Waals surface area contributed by atoms with E-state index >= 15 is 0 Å². The van der Waals surface area contributed by atoms with E-state index in [1.165, 1.54) is 0 Å². The van der Waals surface area contributed by atoms with E-state index in [4.69, 9.17) is 9.47 Å². The summed E-state index contributed by atoms with van der Waals surface area (Å²) in [5, 5.41) is 21.1. The van der Waals surface area contributed by atoms with Crippen molar-refractivity contribution >= 4 is 0 Å². The Labute approximate surface area is 191 Å². The third-order valence-corrected chi connectivity index (χ3v) is 5.88. The van der Waals surface area contributed by atoms with Crippen LogP contribution in [0.25, 0.3) is 0 Å². The number of ether oxygens (including phenoxy) is 2. The van der Waals surface area contributed by atoms with Gasteiger partial charge in [-0.15, -0.1) is 13.2 Å². The third-order valence-electron chi connectivity index (χ3n) is 5.88. The monoisotopic (exact) mass is 438 g/mol. The first-order valence-corrected chi connectivity index (χ1v) is 10.9. The second-order valence-corrected chi connectivity index (χ2v) is 8.15. The van der Waals surface area contributed by atoms with Crippen LogP contribution in [0.15, 0.2) is 49.6 Å². The van der Waals surface area contributed by atoms with Gasteiger partial charge < -0.3 is 19.7 Å². The lowest BCUT2D eigenvalue weighted by atomic mass is 10.0. The molecule has 32 heavy (non-hydrogen) atoms. The summed E-state index contributed by atoms with van der Waals surface area (Å²) in [5.74, 6) is 1.42. The van der Waals surface area contributed by atoms with Gasteiger partial charge in [-0.3, -0.25) is 9.80 Å². The zero-order valence-corrected chi connectivity index (χ0v) is 19.1. The molecule has 2 N–H and O–H groups in total. The van der Waals surface area contributed by atoms with Crippen LogP contribution >= 0.6 is 0 Å². The number of aromatic hydroxyl groups is 2. The highest BCUT2D eigenvalue weighted by Crippen LogP contribution is 2.34. The summed E-state index contributed by atoms with van der Waals surface area (Å²) in [6, 6.07) is 7.78. The van der Waals surface area contributed by atoms with Crippen molar-refractivity contribution < 1.29 is 19.7 Å². The predicted molar refractivity (Wildman–Crippen MR) is 128 cm³/mol. The van der Waals surface area contributed by atoms with E-state index < -0.39 is 0 Å². The van der Waals surface area contributed by atoms with Crippen molar-refractivity contribution in [2.24, 2.45) is 0 Å². The van der Waals surface area contributed by atoms with Crippen LogP contribution in [0, 0.1) is 0 Å². The van der Waals surface area contributed by atoms with Crippen molar-refractivity contribution in [2.45, 2.75) is 25.9 Å². The van der Waals surface area contributed by atoms with Crippen LogP contribution in [-0.2, 0) is 25.9 Å². The van der Waals surface area contributed by atoms with Gasteiger partial charge in [0.25, 0.3) is 0 Å². The molecular formula is C26H34N2O4. The van der Waals surface area contributed by atoms with Crippen LogP contribution in [0.4, 0.5) is 0 Å². The van der Waals surface area contributed by atoms with Gasteiger partial charge in [0.15, 0.2) is 23.0 Å². The minimum absolute atomic E-state index is 0.207. The molecule has 0 aliphatic carbocycles. The average molecular weight is 439 g/mol. The van der Waals surface area contributed by atoms with Gasteiger partial charge in [-0.25, -0.2) is 0 Å². The van der Waals surface area contributed by atoms with E-state index in [0.717, 1.165) is 61.3 Å². The van der Waals surface area contributed by atoms with Gasteiger partial charge in [0.1, 0.15) is 0 Å². The first-order valence-electron chi connectivity index (χ1n) is 10.9. The highest BCUT2D eigenvalue weighted by atomic mass is 16.5. The fourth-order valence-corrected chi connectivity index (χ4v) is 4.17. The van der Waals surface area contributed by atoms with E-state index in [9.17, 15) is 10.2 Å². The van der Waals surface area contributed by atoms with Gasteiger partial charge in [0.05, 0.1) is 14.2 Å². The van der Waals surface area contributed by atoms with Crippen molar-refractivity contribution in [3.05, 3.63) is 71.8 Å². The molecule has 0 atom stereocenters. The van der Waals surface area contributed by atoms with Gasteiger partial charge >= 0.3 is 0 Å². The van der Waals surface area contributed by atoms with Crippen molar-refractivity contribution in [2.75, 3.05) is 40.4 Å². The highest BCUT2D eigenvalue weighted by molar-refractivity contribution is 5.50. The average Bonchev–Trinajstić information content (AvgIpc) is 2.79. The lowest BCUT2D eigenvalue weighted by Crippen LogP contribution is -2.45. The molecule has 3 rings (SSSR count). The number of piperazine rings is 1. The summed E-state index contributed by atoms with van der Waals surface area (Å²) in [5.41, 5.74) is 3.89. The number of allylic oxidation sites excluding steroid dienone is 2. The zero-order valence-electron chi connectivity index (χ0n) is 19.1. The molecule has 0 unspecified atom stereocenters. The molecule has 0 aromatic heterocycles. The second-order valence-electron chi connectivity index (χ2n) is 8.15. The third kappa shape index (κ3) is 5.64. The van der Waals surface area contributed by atoms with E-state index in [2.05, 4.69) is 23.0 Å². The summed E-state index contributed by atoms with van der Waals surface area (Å²) >= 11 is 0. The summed E-state index contributed by atoms with van der Waals surface area (Å²) in [4.78, 5) is 4.66. The molecular weight excluding hydrogens is 404 g/mol. The Bertz CT molecular complexity index is 872. The summed E-state index contributed by atoms with van der Waals surface area (Å²) < 4.78 is 10.7. The molecule has 6 nitrogen and oxygen atoms in total. The SMILES string of the molecule is C=CCc1cc(CN2CCN(Cc3cc(CC=C)cc(OC)c3O)CC2)c(O)c(OC)c1. The van der Waals surface area contributed by atoms with Crippen LogP contribution in [0.3, 0.4) is 0 Å². The Hall–Kier alpha value is -2.96. The Morgan fingerprint density at radius 1 is 0.750 bits per heavy atom. The number of hydrogen-bond acceptors (Lipinski definition) is 6. The molecule has 1 aliphatic rings. The first-order chi connectivity index (χ1) is 15.5. The molecule has 0 spiro atoms. The highest BCUT2D eigenvalue weighted by Gasteiger charge is 2.21. The predicted octanol–water partition coefficient (Wildman–Crippen LogP) is 3.89. The molecule has 172 valence electrons. The summed E-state index contributed by atoms with van der Waals surface area (Å²) in [6.07, 6.45) is 5.16. The van der Waals surface area contributed by atoms with Crippen LogP contribution in [0.5, 0.6) is 23.0 Å². The molecule has 1 saturated heterocycles. The number of phenolic OH excluding ortho intramolecular Hbond substituents is 2. The molecule has 1 heterocycles. The number of benzene rings is 2. The zero-order chi connectivity index (χ0) is 23.1. The Morgan fingerprint density at radius 3 is 1.44 bits per heavy atom. The number of phenols is 2. The quantitative estimate of drug-likeness (QED) is 0.549. The maximum atomic E-state index is 10.6. The van der Waals surface area contributed by atoms with Gasteiger partial charge in [0.2, 0.25) is 0 Å². The van der Waals surface area contributed by atoms with Crippen molar-refractivity contribution in [1.29, 1.82) is 0 Å².